The van der Waals surface area contributed by atoms with Crippen LogP contribution in [0.4, 0.5) is 0 Å². The van der Waals surface area contributed by atoms with E-state index in [9.17, 15) is 4.79 Å². The molecule has 1 aliphatic rings. The predicted octanol–water partition coefficient (Wildman–Crippen LogP) is 4.97. The standard InChI is InChI=1S/C19H20ClNOS/c1-14-6-2-3-7-15(14)19(22)21-11-10-18(23-13-12-21)16-8-4-5-9-17(16)20/h2-9,18H,10-13H2,1H3/t18-/m1/s1. The van der Waals surface area contributed by atoms with Gasteiger partial charge < -0.3 is 4.90 Å². The molecule has 23 heavy (non-hydrogen) atoms. The Morgan fingerprint density at radius 2 is 1.87 bits per heavy atom. The van der Waals surface area contributed by atoms with E-state index in [1.807, 2.05) is 66.1 Å². The first kappa shape index (κ1) is 16.4. The molecule has 0 radical (unpaired) electrons. The summed E-state index contributed by atoms with van der Waals surface area (Å²) in [6, 6.07) is 15.8. The van der Waals surface area contributed by atoms with E-state index in [1.54, 1.807) is 0 Å². The second kappa shape index (κ2) is 7.41. The smallest absolute Gasteiger partial charge is 0.254 e. The summed E-state index contributed by atoms with van der Waals surface area (Å²) >= 11 is 8.23. The zero-order valence-electron chi connectivity index (χ0n) is 13.2. The number of nitrogens with zero attached hydrogens (tertiary/aromatic N) is 1. The summed E-state index contributed by atoms with van der Waals surface area (Å²) in [5.41, 5.74) is 3.04. The van der Waals surface area contributed by atoms with Crippen molar-refractivity contribution in [3.05, 3.63) is 70.2 Å². The maximum atomic E-state index is 12.8. The van der Waals surface area contributed by atoms with E-state index in [1.165, 1.54) is 5.56 Å². The highest BCUT2D eigenvalue weighted by Gasteiger charge is 2.24. The topological polar surface area (TPSA) is 20.3 Å². The number of rotatable bonds is 2. The number of hydrogen-bond acceptors (Lipinski definition) is 2. The number of amides is 1. The van der Waals surface area contributed by atoms with Gasteiger partial charge in [-0.2, -0.15) is 11.8 Å². The zero-order chi connectivity index (χ0) is 16.2. The van der Waals surface area contributed by atoms with Crippen molar-refractivity contribution in [3.63, 3.8) is 0 Å². The molecule has 0 bridgehead atoms. The van der Waals surface area contributed by atoms with Gasteiger partial charge in [-0.15, -0.1) is 0 Å². The second-order valence-electron chi connectivity index (χ2n) is 5.78. The van der Waals surface area contributed by atoms with Crippen molar-refractivity contribution in [1.82, 2.24) is 4.90 Å². The van der Waals surface area contributed by atoms with Crippen LogP contribution in [0.3, 0.4) is 0 Å². The lowest BCUT2D eigenvalue weighted by molar-refractivity contribution is 0.0766. The lowest BCUT2D eigenvalue weighted by Crippen LogP contribution is -2.33. The van der Waals surface area contributed by atoms with Gasteiger partial charge in [-0.05, 0) is 36.6 Å². The van der Waals surface area contributed by atoms with Crippen molar-refractivity contribution in [2.45, 2.75) is 18.6 Å². The van der Waals surface area contributed by atoms with E-state index in [0.29, 0.717) is 5.25 Å². The van der Waals surface area contributed by atoms with Crippen molar-refractivity contribution >= 4 is 29.3 Å². The fourth-order valence-electron chi connectivity index (χ4n) is 2.94. The van der Waals surface area contributed by atoms with Gasteiger partial charge in [0.05, 0.1) is 0 Å². The van der Waals surface area contributed by atoms with Crippen LogP contribution in [-0.4, -0.2) is 29.6 Å². The molecule has 2 aromatic rings. The fourth-order valence-corrected chi connectivity index (χ4v) is 4.54. The van der Waals surface area contributed by atoms with Crippen molar-refractivity contribution in [1.29, 1.82) is 0 Å². The lowest BCUT2D eigenvalue weighted by atomic mass is 10.1. The average Bonchev–Trinajstić information content (AvgIpc) is 2.81. The van der Waals surface area contributed by atoms with Gasteiger partial charge in [-0.1, -0.05) is 48.0 Å². The van der Waals surface area contributed by atoms with Crippen LogP contribution in [0.2, 0.25) is 5.02 Å². The summed E-state index contributed by atoms with van der Waals surface area (Å²) in [6.45, 7) is 3.56. The molecule has 1 fully saturated rings. The summed E-state index contributed by atoms with van der Waals surface area (Å²) in [5, 5.41) is 1.18. The van der Waals surface area contributed by atoms with Gasteiger partial charge in [0.1, 0.15) is 0 Å². The molecule has 1 atom stereocenters. The summed E-state index contributed by atoms with van der Waals surface area (Å²) in [7, 11) is 0. The molecule has 2 nitrogen and oxygen atoms in total. The molecule has 0 aromatic heterocycles. The summed E-state index contributed by atoms with van der Waals surface area (Å²) in [6.07, 6.45) is 0.937. The Balaban J connectivity index is 1.73. The van der Waals surface area contributed by atoms with Gasteiger partial charge in [-0.3, -0.25) is 4.79 Å². The molecule has 2 aromatic carbocycles. The fraction of sp³-hybridized carbons (Fsp3) is 0.316. The Morgan fingerprint density at radius 1 is 1.13 bits per heavy atom. The molecular weight excluding hydrogens is 326 g/mol. The molecule has 4 heteroatoms. The van der Waals surface area contributed by atoms with E-state index in [0.717, 1.165) is 41.4 Å². The molecule has 0 saturated carbocycles. The summed E-state index contributed by atoms with van der Waals surface area (Å²) in [4.78, 5) is 14.8. The van der Waals surface area contributed by atoms with Gasteiger partial charge in [-0.25, -0.2) is 0 Å². The van der Waals surface area contributed by atoms with E-state index in [-0.39, 0.29) is 5.91 Å². The maximum absolute atomic E-state index is 12.8. The van der Waals surface area contributed by atoms with Crippen LogP contribution in [0, 0.1) is 6.92 Å². The molecule has 1 aliphatic heterocycles. The quantitative estimate of drug-likeness (QED) is 0.766. The normalized spacial score (nSPS) is 18.5. The first-order valence-electron chi connectivity index (χ1n) is 7.88. The highest BCUT2D eigenvalue weighted by Crippen LogP contribution is 2.38. The molecule has 3 rings (SSSR count). The van der Waals surface area contributed by atoms with E-state index >= 15 is 0 Å². The Kier molecular flexibility index (Phi) is 5.29. The number of aryl methyl sites for hydroxylation is 1. The van der Waals surface area contributed by atoms with E-state index < -0.39 is 0 Å². The molecule has 0 N–H and O–H groups in total. The Bertz CT molecular complexity index is 703. The zero-order valence-corrected chi connectivity index (χ0v) is 14.7. The van der Waals surface area contributed by atoms with Crippen LogP contribution >= 0.6 is 23.4 Å². The summed E-state index contributed by atoms with van der Waals surface area (Å²) in [5.74, 6) is 1.08. The highest BCUT2D eigenvalue weighted by molar-refractivity contribution is 7.99. The molecule has 1 saturated heterocycles. The van der Waals surface area contributed by atoms with E-state index in [2.05, 4.69) is 6.07 Å². The first-order chi connectivity index (χ1) is 11.2. The van der Waals surface area contributed by atoms with Crippen molar-refractivity contribution in [2.75, 3.05) is 18.8 Å². The average molecular weight is 346 g/mol. The van der Waals surface area contributed by atoms with Crippen LogP contribution in [-0.2, 0) is 0 Å². The Labute approximate surface area is 146 Å². The van der Waals surface area contributed by atoms with Crippen molar-refractivity contribution < 1.29 is 4.79 Å². The minimum absolute atomic E-state index is 0.142. The molecule has 1 amide bonds. The van der Waals surface area contributed by atoms with Crippen LogP contribution < -0.4 is 0 Å². The second-order valence-corrected chi connectivity index (χ2v) is 7.49. The van der Waals surface area contributed by atoms with Crippen molar-refractivity contribution in [3.8, 4) is 0 Å². The highest BCUT2D eigenvalue weighted by atomic mass is 35.5. The third kappa shape index (κ3) is 3.73. The molecule has 0 unspecified atom stereocenters. The van der Waals surface area contributed by atoms with Gasteiger partial charge in [0, 0.05) is 34.7 Å². The van der Waals surface area contributed by atoms with Crippen molar-refractivity contribution in [2.24, 2.45) is 0 Å². The lowest BCUT2D eigenvalue weighted by Gasteiger charge is -2.21. The minimum atomic E-state index is 0.142. The molecule has 0 aliphatic carbocycles. The Hall–Kier alpha value is -1.45. The van der Waals surface area contributed by atoms with Gasteiger partial charge in [0.25, 0.3) is 5.91 Å². The van der Waals surface area contributed by atoms with Gasteiger partial charge in [0.15, 0.2) is 0 Å². The largest absolute Gasteiger partial charge is 0.338 e. The van der Waals surface area contributed by atoms with Crippen LogP contribution in [0.15, 0.2) is 48.5 Å². The number of thioether (sulfide) groups is 1. The minimum Gasteiger partial charge on any atom is -0.338 e. The maximum Gasteiger partial charge on any atom is 0.254 e. The third-order valence-electron chi connectivity index (χ3n) is 4.26. The summed E-state index contributed by atoms with van der Waals surface area (Å²) < 4.78 is 0. The molecule has 1 heterocycles. The van der Waals surface area contributed by atoms with Crippen LogP contribution in [0.1, 0.15) is 33.2 Å². The van der Waals surface area contributed by atoms with Gasteiger partial charge in [0.2, 0.25) is 0 Å². The predicted molar refractivity (Wildman–Crippen MR) is 98.4 cm³/mol. The van der Waals surface area contributed by atoms with Gasteiger partial charge >= 0.3 is 0 Å². The SMILES string of the molecule is Cc1ccccc1C(=O)N1CCS[C@@H](c2ccccc2Cl)CC1. The first-order valence-corrected chi connectivity index (χ1v) is 9.30. The number of carbonyl (C=O) groups is 1. The monoisotopic (exact) mass is 345 g/mol. The number of halogens is 1. The molecular formula is C19H20ClNOS. The van der Waals surface area contributed by atoms with Crippen LogP contribution in [0.25, 0.3) is 0 Å². The third-order valence-corrected chi connectivity index (χ3v) is 5.91. The van der Waals surface area contributed by atoms with E-state index in [4.69, 9.17) is 11.6 Å². The molecule has 0 spiro atoms. The Morgan fingerprint density at radius 3 is 2.65 bits per heavy atom. The number of carbonyl (C=O) groups excluding carboxylic acids is 1. The number of benzene rings is 2. The van der Waals surface area contributed by atoms with Crippen LogP contribution in [0.5, 0.6) is 0 Å². The molecule has 120 valence electrons. The number of hydrogen-bond donors (Lipinski definition) is 0.